The van der Waals surface area contributed by atoms with Crippen molar-refractivity contribution in [3.8, 4) is 0 Å². The van der Waals surface area contributed by atoms with Gasteiger partial charge >= 0.3 is 0 Å². The van der Waals surface area contributed by atoms with Crippen LogP contribution in [0.15, 0.2) is 41.6 Å². The summed E-state index contributed by atoms with van der Waals surface area (Å²) in [7, 11) is 0. The van der Waals surface area contributed by atoms with Crippen molar-refractivity contribution in [2.75, 3.05) is 5.32 Å². The number of carbonyl (C=O) groups is 1. The number of aryl methyl sites for hydroxylation is 1. The van der Waals surface area contributed by atoms with Crippen LogP contribution in [0, 0.1) is 6.92 Å². The molecule has 0 aliphatic carbocycles. The van der Waals surface area contributed by atoms with E-state index in [4.69, 9.17) is 22.5 Å². The Kier molecular flexibility index (Phi) is 4.39. The van der Waals surface area contributed by atoms with Crippen LogP contribution in [0.4, 0.5) is 5.69 Å². The van der Waals surface area contributed by atoms with Crippen LogP contribution in [0.5, 0.6) is 0 Å². The highest BCUT2D eigenvalue weighted by molar-refractivity contribution is 6.34. The van der Waals surface area contributed by atoms with Crippen LogP contribution in [-0.4, -0.2) is 21.9 Å². The van der Waals surface area contributed by atoms with Crippen LogP contribution in [0.1, 0.15) is 21.7 Å². The molecule has 0 aliphatic heterocycles. The number of nitrogens with one attached hydrogen (secondary N) is 1. The molecule has 1 aromatic heterocycles. The van der Waals surface area contributed by atoms with Crippen LogP contribution < -0.4 is 11.1 Å². The van der Waals surface area contributed by atoms with E-state index in [1.807, 2.05) is 0 Å². The summed E-state index contributed by atoms with van der Waals surface area (Å²) in [5, 5.41) is 14.4. The van der Waals surface area contributed by atoms with Crippen molar-refractivity contribution < 1.29 is 10.0 Å². The van der Waals surface area contributed by atoms with Gasteiger partial charge in [-0.25, -0.2) is 4.98 Å². The number of rotatable bonds is 3. The summed E-state index contributed by atoms with van der Waals surface area (Å²) in [6.45, 7) is 1.80. The fourth-order valence-corrected chi connectivity index (χ4v) is 1.92. The van der Waals surface area contributed by atoms with Crippen LogP contribution in [0.3, 0.4) is 0 Å². The van der Waals surface area contributed by atoms with Gasteiger partial charge in [-0.15, -0.1) is 0 Å². The highest BCUT2D eigenvalue weighted by atomic mass is 35.5. The molecule has 0 spiro atoms. The Morgan fingerprint density at radius 1 is 1.38 bits per heavy atom. The van der Waals surface area contributed by atoms with Gasteiger partial charge in [-0.3, -0.25) is 4.79 Å². The number of hydrogen-bond donors (Lipinski definition) is 3. The molecule has 1 aromatic carbocycles. The van der Waals surface area contributed by atoms with E-state index in [1.165, 1.54) is 6.07 Å². The van der Waals surface area contributed by atoms with Gasteiger partial charge in [-0.05, 0) is 37.3 Å². The second-order valence-electron chi connectivity index (χ2n) is 4.30. The molecule has 0 saturated heterocycles. The number of halogens is 1. The van der Waals surface area contributed by atoms with Crippen molar-refractivity contribution in [2.45, 2.75) is 6.92 Å². The minimum absolute atomic E-state index is 0.0601. The molecule has 0 atom stereocenters. The number of hydrogen-bond acceptors (Lipinski definition) is 4. The Bertz CT molecular complexity index is 716. The average molecular weight is 305 g/mol. The lowest BCUT2D eigenvalue weighted by Crippen LogP contribution is -2.16. The average Bonchev–Trinajstić information content (AvgIpc) is 2.48. The van der Waals surface area contributed by atoms with E-state index in [0.29, 0.717) is 16.9 Å². The molecule has 0 fully saturated rings. The zero-order chi connectivity index (χ0) is 15.4. The summed E-state index contributed by atoms with van der Waals surface area (Å²) in [5.41, 5.74) is 7.38. The first kappa shape index (κ1) is 14.8. The normalized spacial score (nSPS) is 11.2. The second-order valence-corrected chi connectivity index (χ2v) is 4.71. The lowest BCUT2D eigenvalue weighted by atomic mass is 10.2. The predicted octanol–water partition coefficient (Wildman–Crippen LogP) is 2.39. The van der Waals surface area contributed by atoms with E-state index in [-0.39, 0.29) is 16.8 Å². The maximum absolute atomic E-state index is 12.1. The zero-order valence-corrected chi connectivity index (χ0v) is 11.9. The summed E-state index contributed by atoms with van der Waals surface area (Å²) in [5.74, 6) is -0.424. The van der Waals surface area contributed by atoms with E-state index in [9.17, 15) is 4.79 Å². The first-order valence-corrected chi connectivity index (χ1v) is 6.41. The van der Waals surface area contributed by atoms with Crippen molar-refractivity contribution in [1.29, 1.82) is 0 Å². The second kappa shape index (κ2) is 6.23. The van der Waals surface area contributed by atoms with Gasteiger partial charge in [-0.2, -0.15) is 0 Å². The SMILES string of the molecule is Cc1cccc(C(=O)Nc2ccc(/C(N)=N/O)cc2Cl)n1. The lowest BCUT2D eigenvalue weighted by molar-refractivity contribution is 0.102. The Labute approximate surface area is 126 Å². The fraction of sp³-hybridized carbons (Fsp3) is 0.0714. The molecule has 0 aliphatic rings. The van der Waals surface area contributed by atoms with E-state index in [0.717, 1.165) is 5.69 Å². The molecule has 6 nitrogen and oxygen atoms in total. The van der Waals surface area contributed by atoms with E-state index < -0.39 is 0 Å². The minimum Gasteiger partial charge on any atom is -0.409 e. The molecule has 4 N–H and O–H groups in total. The highest BCUT2D eigenvalue weighted by Gasteiger charge is 2.11. The predicted molar refractivity (Wildman–Crippen MR) is 80.9 cm³/mol. The third-order valence-electron chi connectivity index (χ3n) is 2.74. The first-order chi connectivity index (χ1) is 10.0. The van der Waals surface area contributed by atoms with Crippen LogP contribution in [0.2, 0.25) is 5.02 Å². The lowest BCUT2D eigenvalue weighted by Gasteiger charge is -2.08. The molecule has 0 radical (unpaired) electrons. The zero-order valence-electron chi connectivity index (χ0n) is 11.2. The molecule has 2 aromatic rings. The van der Waals surface area contributed by atoms with Gasteiger partial charge < -0.3 is 16.3 Å². The van der Waals surface area contributed by atoms with Crippen molar-refractivity contribution >= 4 is 29.0 Å². The van der Waals surface area contributed by atoms with Crippen molar-refractivity contribution in [1.82, 2.24) is 4.98 Å². The standard InChI is InChI=1S/C14H13ClN4O2/c1-8-3-2-4-12(17-8)14(20)18-11-6-5-9(7-10(11)15)13(16)19-21/h2-7,21H,1H3,(H2,16,19)(H,18,20). The Morgan fingerprint density at radius 2 is 2.14 bits per heavy atom. The Morgan fingerprint density at radius 3 is 2.76 bits per heavy atom. The summed E-state index contributed by atoms with van der Waals surface area (Å²) >= 11 is 6.07. The minimum atomic E-state index is -0.364. The molecule has 21 heavy (non-hydrogen) atoms. The third-order valence-corrected chi connectivity index (χ3v) is 3.05. The summed E-state index contributed by atoms with van der Waals surface area (Å²) in [6, 6.07) is 9.82. The molecule has 7 heteroatoms. The molecule has 0 bridgehead atoms. The van der Waals surface area contributed by atoms with Crippen molar-refractivity contribution in [3.05, 3.63) is 58.4 Å². The van der Waals surface area contributed by atoms with Gasteiger partial charge in [0.05, 0.1) is 10.7 Å². The number of oxime groups is 1. The van der Waals surface area contributed by atoms with Crippen molar-refractivity contribution in [3.63, 3.8) is 0 Å². The van der Waals surface area contributed by atoms with Crippen LogP contribution in [0.25, 0.3) is 0 Å². The van der Waals surface area contributed by atoms with Gasteiger partial charge in [0.15, 0.2) is 5.84 Å². The number of aromatic nitrogens is 1. The van der Waals surface area contributed by atoms with Crippen LogP contribution >= 0.6 is 11.6 Å². The summed E-state index contributed by atoms with van der Waals surface area (Å²) in [4.78, 5) is 16.2. The topological polar surface area (TPSA) is 101 Å². The quantitative estimate of drug-likeness (QED) is 0.351. The number of amidine groups is 1. The number of carbonyl (C=O) groups excluding carboxylic acids is 1. The van der Waals surface area contributed by atoms with Gasteiger partial charge in [0.2, 0.25) is 0 Å². The number of anilines is 1. The summed E-state index contributed by atoms with van der Waals surface area (Å²) < 4.78 is 0. The van der Waals surface area contributed by atoms with Gasteiger partial charge in [0.25, 0.3) is 5.91 Å². The number of nitrogens with two attached hydrogens (primary N) is 1. The molecule has 0 saturated carbocycles. The highest BCUT2D eigenvalue weighted by Crippen LogP contribution is 2.23. The van der Waals surface area contributed by atoms with Gasteiger partial charge in [0, 0.05) is 11.3 Å². The van der Waals surface area contributed by atoms with E-state index in [1.54, 1.807) is 37.3 Å². The molecular weight excluding hydrogens is 292 g/mol. The van der Waals surface area contributed by atoms with Crippen molar-refractivity contribution in [2.24, 2.45) is 10.9 Å². The maximum Gasteiger partial charge on any atom is 0.274 e. The molecule has 2 rings (SSSR count). The molecule has 0 unspecified atom stereocenters. The summed E-state index contributed by atoms with van der Waals surface area (Å²) in [6.07, 6.45) is 0. The van der Waals surface area contributed by atoms with Gasteiger partial charge in [0.1, 0.15) is 5.69 Å². The molecule has 108 valence electrons. The monoisotopic (exact) mass is 304 g/mol. The van der Waals surface area contributed by atoms with E-state index in [2.05, 4.69) is 15.5 Å². The van der Waals surface area contributed by atoms with Crippen LogP contribution in [-0.2, 0) is 0 Å². The fourth-order valence-electron chi connectivity index (χ4n) is 1.69. The molecule has 1 amide bonds. The third kappa shape index (κ3) is 3.49. The maximum atomic E-state index is 12.1. The first-order valence-electron chi connectivity index (χ1n) is 6.03. The number of nitrogens with zero attached hydrogens (tertiary/aromatic N) is 2. The number of pyridine rings is 1. The van der Waals surface area contributed by atoms with Gasteiger partial charge in [-0.1, -0.05) is 22.8 Å². The number of benzene rings is 1. The van der Waals surface area contributed by atoms with E-state index >= 15 is 0 Å². The Hall–Kier alpha value is -2.60. The smallest absolute Gasteiger partial charge is 0.274 e. The Balaban J connectivity index is 2.22. The largest absolute Gasteiger partial charge is 0.409 e. The number of amides is 1. The molecular formula is C14H13ClN4O2. The molecule has 1 heterocycles.